The number of nitrogens with zero attached hydrogens (tertiary/aromatic N) is 1. The molecule has 12 heavy (non-hydrogen) atoms. The lowest BCUT2D eigenvalue weighted by Crippen LogP contribution is -2.32. The molecule has 0 aliphatic carbocycles. The van der Waals surface area contributed by atoms with Crippen LogP contribution in [0.4, 0.5) is 0 Å². The van der Waals surface area contributed by atoms with Gasteiger partial charge in [-0.3, -0.25) is 4.79 Å². The van der Waals surface area contributed by atoms with Gasteiger partial charge < -0.3 is 5.32 Å². The van der Waals surface area contributed by atoms with Crippen LogP contribution in [0.2, 0.25) is 0 Å². The third kappa shape index (κ3) is 3.91. The summed E-state index contributed by atoms with van der Waals surface area (Å²) in [5, 5.41) is 2.67. The zero-order valence-electron chi connectivity index (χ0n) is 7.92. The Hall–Kier alpha value is -1.12. The monoisotopic (exact) mass is 168 g/mol. The van der Waals surface area contributed by atoms with Gasteiger partial charge >= 0.3 is 0 Å². The van der Waals surface area contributed by atoms with Gasteiger partial charge in [-0.1, -0.05) is 20.4 Å². The molecular weight excluding hydrogens is 152 g/mol. The fourth-order valence-electron chi connectivity index (χ4n) is 0.755. The van der Waals surface area contributed by atoms with Crippen LogP contribution in [0.15, 0.2) is 17.8 Å². The lowest BCUT2D eigenvalue weighted by Gasteiger charge is -2.11. The molecule has 0 saturated carbocycles. The molecule has 68 valence electrons. The molecule has 0 aromatic heterocycles. The summed E-state index contributed by atoms with van der Waals surface area (Å²) in [5.74, 6) is 0.878. The number of amidine groups is 1. The van der Waals surface area contributed by atoms with E-state index >= 15 is 0 Å². The molecule has 0 radical (unpaired) electrons. The Labute approximate surface area is 73.6 Å². The molecular formula is C9H16N2O. The van der Waals surface area contributed by atoms with Gasteiger partial charge in [-0.2, -0.15) is 0 Å². The van der Waals surface area contributed by atoms with Gasteiger partial charge in [-0.05, 0) is 6.42 Å². The van der Waals surface area contributed by atoms with Crippen molar-refractivity contribution in [1.29, 1.82) is 0 Å². The molecule has 0 fully saturated rings. The van der Waals surface area contributed by atoms with Crippen LogP contribution in [0, 0.1) is 5.92 Å². The van der Waals surface area contributed by atoms with Gasteiger partial charge in [-0.15, -0.1) is 0 Å². The summed E-state index contributed by atoms with van der Waals surface area (Å²) >= 11 is 0. The summed E-state index contributed by atoms with van der Waals surface area (Å²) in [7, 11) is 0. The van der Waals surface area contributed by atoms with Gasteiger partial charge in [0.2, 0.25) is 5.91 Å². The number of rotatable bonds is 3. The minimum Gasteiger partial charge on any atom is -0.314 e. The Balaban J connectivity index is 4.33. The minimum absolute atomic E-state index is 0.0871. The first kappa shape index (κ1) is 10.9. The van der Waals surface area contributed by atoms with Gasteiger partial charge in [0.1, 0.15) is 5.84 Å². The smallest absolute Gasteiger partial charge is 0.222 e. The number of aliphatic imine (C=N–C) groups is 1. The van der Waals surface area contributed by atoms with Crippen molar-refractivity contribution >= 4 is 11.7 Å². The number of carbonyl (C=O) groups is 1. The number of carbonyl (C=O) groups excluding carboxylic acids is 1. The summed E-state index contributed by atoms with van der Waals surface area (Å²) in [6.45, 7) is 9.02. The topological polar surface area (TPSA) is 41.5 Å². The highest BCUT2D eigenvalue weighted by molar-refractivity contribution is 5.98. The van der Waals surface area contributed by atoms with E-state index in [1.54, 1.807) is 0 Å². The third-order valence-electron chi connectivity index (χ3n) is 1.61. The van der Waals surface area contributed by atoms with E-state index in [-0.39, 0.29) is 11.8 Å². The van der Waals surface area contributed by atoms with Crippen molar-refractivity contribution in [3.8, 4) is 0 Å². The predicted molar refractivity (Wildman–Crippen MR) is 50.9 cm³/mol. The fourth-order valence-corrected chi connectivity index (χ4v) is 0.755. The Morgan fingerprint density at radius 1 is 1.75 bits per heavy atom. The van der Waals surface area contributed by atoms with Crippen LogP contribution in [-0.4, -0.2) is 11.7 Å². The molecule has 1 unspecified atom stereocenters. The molecule has 0 aromatic rings. The Morgan fingerprint density at radius 3 is 2.67 bits per heavy atom. The molecule has 0 spiro atoms. The first-order valence-electron chi connectivity index (χ1n) is 4.08. The fraction of sp³-hybridized carbons (Fsp3) is 0.556. The first-order valence-corrected chi connectivity index (χ1v) is 4.08. The second kappa shape index (κ2) is 5.52. The lowest BCUT2D eigenvalue weighted by molar-refractivity contribution is -0.117. The highest BCUT2D eigenvalue weighted by Gasteiger charge is 2.08. The zero-order valence-corrected chi connectivity index (χ0v) is 7.92. The van der Waals surface area contributed by atoms with E-state index in [1.165, 1.54) is 13.1 Å². The average Bonchev–Trinajstić information content (AvgIpc) is 2.01. The van der Waals surface area contributed by atoms with E-state index in [0.717, 1.165) is 6.42 Å². The third-order valence-corrected chi connectivity index (χ3v) is 1.61. The number of amides is 1. The molecule has 1 atom stereocenters. The molecule has 1 N–H and O–H groups in total. The largest absolute Gasteiger partial charge is 0.314 e. The van der Waals surface area contributed by atoms with E-state index < -0.39 is 0 Å². The van der Waals surface area contributed by atoms with Crippen LogP contribution in [0.1, 0.15) is 27.2 Å². The summed E-state index contributed by atoms with van der Waals surface area (Å²) < 4.78 is 0. The van der Waals surface area contributed by atoms with Gasteiger partial charge in [0.05, 0.1) is 0 Å². The van der Waals surface area contributed by atoms with Crippen molar-refractivity contribution in [3.05, 3.63) is 12.8 Å². The van der Waals surface area contributed by atoms with Crippen LogP contribution in [-0.2, 0) is 4.79 Å². The second-order valence-electron chi connectivity index (χ2n) is 2.69. The van der Waals surface area contributed by atoms with Gasteiger partial charge in [0, 0.05) is 19.0 Å². The maximum atomic E-state index is 10.7. The molecule has 1 amide bonds. The Morgan fingerprint density at radius 2 is 2.33 bits per heavy atom. The number of hydrogen-bond donors (Lipinski definition) is 1. The molecule has 0 saturated heterocycles. The lowest BCUT2D eigenvalue weighted by atomic mass is 10.1. The molecule has 0 aliphatic rings. The Kier molecular flexibility index (Phi) is 5.00. The van der Waals surface area contributed by atoms with Crippen molar-refractivity contribution in [2.75, 3.05) is 0 Å². The SMILES string of the molecule is C=C/N=C(\NC(C)=O)C(C)CC. The van der Waals surface area contributed by atoms with E-state index in [0.29, 0.717) is 5.84 Å². The summed E-state index contributed by atoms with van der Waals surface area (Å²) in [6, 6.07) is 0. The molecule has 3 nitrogen and oxygen atoms in total. The number of hydrogen-bond acceptors (Lipinski definition) is 2. The minimum atomic E-state index is -0.0871. The van der Waals surface area contributed by atoms with Crippen molar-refractivity contribution in [2.24, 2.45) is 10.9 Å². The molecule has 0 bridgehead atoms. The van der Waals surface area contributed by atoms with Gasteiger partial charge in [0.25, 0.3) is 0 Å². The quantitative estimate of drug-likeness (QED) is 0.506. The standard InChI is InChI=1S/C9H16N2O/c1-5-7(3)9(10-6-2)11-8(4)12/h6-7H,2,5H2,1,3-4H3,(H,10,11,12). The number of nitrogens with one attached hydrogen (secondary N) is 1. The molecule has 3 heteroatoms. The average molecular weight is 168 g/mol. The maximum Gasteiger partial charge on any atom is 0.222 e. The van der Waals surface area contributed by atoms with Crippen molar-refractivity contribution in [2.45, 2.75) is 27.2 Å². The highest BCUT2D eigenvalue weighted by Crippen LogP contribution is 2.02. The van der Waals surface area contributed by atoms with Crippen LogP contribution < -0.4 is 5.32 Å². The zero-order chi connectivity index (χ0) is 9.56. The summed E-state index contributed by atoms with van der Waals surface area (Å²) in [5.41, 5.74) is 0. The van der Waals surface area contributed by atoms with E-state index in [1.807, 2.05) is 13.8 Å². The van der Waals surface area contributed by atoms with E-state index in [4.69, 9.17) is 0 Å². The maximum absolute atomic E-state index is 10.7. The van der Waals surface area contributed by atoms with Crippen LogP contribution in [0.25, 0.3) is 0 Å². The second-order valence-corrected chi connectivity index (χ2v) is 2.69. The predicted octanol–water partition coefficient (Wildman–Crippen LogP) is 1.71. The normalized spacial score (nSPS) is 13.8. The van der Waals surface area contributed by atoms with Crippen LogP contribution in [0.3, 0.4) is 0 Å². The highest BCUT2D eigenvalue weighted by atomic mass is 16.1. The van der Waals surface area contributed by atoms with Gasteiger partial charge in [0.15, 0.2) is 0 Å². The molecule has 0 aliphatic heterocycles. The first-order chi connectivity index (χ1) is 5.61. The van der Waals surface area contributed by atoms with Crippen LogP contribution in [0.5, 0.6) is 0 Å². The molecule has 0 heterocycles. The van der Waals surface area contributed by atoms with Crippen molar-refractivity contribution in [3.63, 3.8) is 0 Å². The van der Waals surface area contributed by atoms with Crippen molar-refractivity contribution in [1.82, 2.24) is 5.32 Å². The van der Waals surface area contributed by atoms with Crippen molar-refractivity contribution < 1.29 is 4.79 Å². The van der Waals surface area contributed by atoms with E-state index in [2.05, 4.69) is 16.9 Å². The van der Waals surface area contributed by atoms with Gasteiger partial charge in [-0.25, -0.2) is 4.99 Å². The summed E-state index contributed by atoms with van der Waals surface area (Å²) in [6.07, 6.45) is 2.39. The Bertz CT molecular complexity index is 197. The van der Waals surface area contributed by atoms with Crippen LogP contribution >= 0.6 is 0 Å². The summed E-state index contributed by atoms with van der Waals surface area (Å²) in [4.78, 5) is 14.7. The van der Waals surface area contributed by atoms with E-state index in [9.17, 15) is 4.79 Å². The molecule has 0 aromatic carbocycles. The molecule has 0 rings (SSSR count).